The minimum atomic E-state index is -2.02. The Balaban J connectivity index is 1.48. The van der Waals surface area contributed by atoms with Crippen molar-refractivity contribution in [1.82, 2.24) is 0 Å². The van der Waals surface area contributed by atoms with Gasteiger partial charge in [-0.2, -0.15) is 0 Å². The molecule has 4 heterocycles. The summed E-state index contributed by atoms with van der Waals surface area (Å²) in [5.74, 6) is 0. The predicted molar refractivity (Wildman–Crippen MR) is 134 cm³/mol. The van der Waals surface area contributed by atoms with Crippen molar-refractivity contribution in [3.8, 4) is 0 Å². The molecule has 20 atom stereocenters. The van der Waals surface area contributed by atoms with Crippen molar-refractivity contribution in [1.29, 1.82) is 0 Å². The van der Waals surface area contributed by atoms with Crippen molar-refractivity contribution in [3.63, 3.8) is 0 Å². The van der Waals surface area contributed by atoms with Gasteiger partial charge in [-0.15, -0.1) is 0 Å². The summed E-state index contributed by atoms with van der Waals surface area (Å²) < 4.78 is 37.7. The molecule has 4 saturated heterocycles. The first-order valence-corrected chi connectivity index (χ1v) is 14.1. The Hall–Kier alpha value is -0.840. The lowest BCUT2D eigenvalue weighted by molar-refractivity contribution is -0.388. The number of hydrogen-bond donors (Lipinski definition) is 14. The maximum atomic E-state index is 11.0. The second kappa shape index (κ2) is 15.6. The summed E-state index contributed by atoms with van der Waals surface area (Å²) in [5, 5.41) is 142. The first-order valence-electron chi connectivity index (χ1n) is 14.1. The van der Waals surface area contributed by atoms with Crippen molar-refractivity contribution in [2.75, 3.05) is 26.4 Å². The third kappa shape index (κ3) is 7.44. The fourth-order valence-corrected chi connectivity index (χ4v) is 5.54. The maximum absolute atomic E-state index is 11.0. The van der Waals surface area contributed by atoms with Crippen LogP contribution in [0.25, 0.3) is 0 Å². The van der Waals surface area contributed by atoms with Gasteiger partial charge in [0.1, 0.15) is 97.7 Å². The molecule has 264 valence electrons. The normalized spacial score (nSPS) is 52.9. The van der Waals surface area contributed by atoms with E-state index in [1.54, 1.807) is 0 Å². The van der Waals surface area contributed by atoms with E-state index in [9.17, 15) is 71.5 Å². The molecule has 45 heavy (non-hydrogen) atoms. The predicted octanol–water partition coefficient (Wildman–Crippen LogP) is -9.75. The summed E-state index contributed by atoms with van der Waals surface area (Å²) in [6, 6.07) is 0. The largest absolute Gasteiger partial charge is 0.394 e. The molecule has 0 radical (unpaired) electrons. The number of aliphatic hydroxyl groups excluding tert-OH is 14. The Kier molecular flexibility index (Phi) is 12.8. The molecule has 4 rings (SSSR count). The Morgan fingerprint density at radius 3 is 1.22 bits per heavy atom. The summed E-state index contributed by atoms with van der Waals surface area (Å²) in [5.41, 5.74) is 0. The van der Waals surface area contributed by atoms with Gasteiger partial charge in [0.05, 0.1) is 26.4 Å². The third-order valence-corrected chi connectivity index (χ3v) is 8.20. The molecule has 14 N–H and O–H groups in total. The van der Waals surface area contributed by atoms with E-state index in [1.165, 1.54) is 0 Å². The van der Waals surface area contributed by atoms with Crippen LogP contribution in [0, 0.1) is 0 Å². The monoisotopic (exact) mass is 666 g/mol. The standard InChI is InChI=1S/C24H42O21/c25-1-5-9(29)11(31)15(35)22(40-5)45-20-10(30)6(2-26)41-24(17(20)37)44-19-8(4-28)42-23(16(36)13(19)33)43-18-7(3-27)39-21(38)14(34)12(18)32/h5-38H,1-4H2/t5-,6-,7-,8-,9+,10+,11+,12-,13-,14-,15-,16-,17-,18-,19+,20+,21-,22+,23+,24+/m1/s1. The van der Waals surface area contributed by atoms with Gasteiger partial charge in [0.25, 0.3) is 0 Å². The highest BCUT2D eigenvalue weighted by atomic mass is 16.8. The van der Waals surface area contributed by atoms with Crippen molar-refractivity contribution < 1.29 is 105 Å². The smallest absolute Gasteiger partial charge is 0.187 e. The molecule has 0 spiro atoms. The lowest BCUT2D eigenvalue weighted by Crippen LogP contribution is -2.67. The van der Waals surface area contributed by atoms with Crippen LogP contribution in [-0.4, -0.2) is 221 Å². The van der Waals surface area contributed by atoms with Gasteiger partial charge in [-0.1, -0.05) is 0 Å². The summed E-state index contributed by atoms with van der Waals surface area (Å²) in [7, 11) is 0. The Morgan fingerprint density at radius 1 is 0.333 bits per heavy atom. The minimum absolute atomic E-state index is 0.806. The van der Waals surface area contributed by atoms with Crippen molar-refractivity contribution in [3.05, 3.63) is 0 Å². The van der Waals surface area contributed by atoms with E-state index in [4.69, 9.17) is 33.2 Å². The van der Waals surface area contributed by atoms with Crippen molar-refractivity contribution >= 4 is 0 Å². The van der Waals surface area contributed by atoms with Crippen LogP contribution < -0.4 is 0 Å². The zero-order valence-electron chi connectivity index (χ0n) is 23.5. The van der Waals surface area contributed by atoms with Gasteiger partial charge < -0.3 is 105 Å². The molecule has 0 bridgehead atoms. The molecule has 21 heteroatoms. The summed E-state index contributed by atoms with van der Waals surface area (Å²) >= 11 is 0. The SMILES string of the molecule is OC[C@H]1O[C@@H](O[C@H]2[C@@H](O)[C@@H](CO)O[C@@H](O[C@@H]3[C@H](O)[C@@H](O)[C@H](O[C@H]4[C@H](O)[C@@H](O)[C@H](O)O[C@@H]4CO)O[C@@H]3CO)[C@@H]2O)[C@H](O)[C@@H](O)[C@H]1O. The highest BCUT2D eigenvalue weighted by molar-refractivity contribution is 4.97. The zero-order chi connectivity index (χ0) is 33.3. The third-order valence-electron chi connectivity index (χ3n) is 8.20. The lowest BCUT2D eigenvalue weighted by Gasteiger charge is -2.49. The van der Waals surface area contributed by atoms with Gasteiger partial charge in [0.15, 0.2) is 25.2 Å². The van der Waals surface area contributed by atoms with E-state index in [-0.39, 0.29) is 0 Å². The molecule has 0 saturated carbocycles. The quantitative estimate of drug-likeness (QED) is 0.103. The summed E-state index contributed by atoms with van der Waals surface area (Å²) in [6.07, 6.45) is -35.6. The number of aliphatic hydroxyl groups is 14. The first-order chi connectivity index (χ1) is 21.3. The van der Waals surface area contributed by atoms with Crippen LogP contribution in [0.3, 0.4) is 0 Å². The van der Waals surface area contributed by atoms with E-state index >= 15 is 0 Å². The molecule has 0 aromatic heterocycles. The highest BCUT2D eigenvalue weighted by Gasteiger charge is 2.55. The number of hydrogen-bond acceptors (Lipinski definition) is 21. The average Bonchev–Trinajstić information content (AvgIpc) is 3.03. The van der Waals surface area contributed by atoms with E-state index in [2.05, 4.69) is 0 Å². The van der Waals surface area contributed by atoms with Crippen LogP contribution in [0.5, 0.6) is 0 Å². The molecular formula is C24H42O21. The van der Waals surface area contributed by atoms with Crippen molar-refractivity contribution in [2.24, 2.45) is 0 Å². The van der Waals surface area contributed by atoms with Crippen LogP contribution >= 0.6 is 0 Å². The first kappa shape index (κ1) is 37.0. The topological polar surface area (TPSA) is 348 Å². The van der Waals surface area contributed by atoms with Gasteiger partial charge in [-0.25, -0.2) is 0 Å². The molecular weight excluding hydrogens is 624 g/mol. The molecule has 4 fully saturated rings. The van der Waals surface area contributed by atoms with Gasteiger partial charge in [0, 0.05) is 0 Å². The molecule has 4 aliphatic heterocycles. The molecule has 0 aliphatic carbocycles. The minimum Gasteiger partial charge on any atom is -0.394 e. The van der Waals surface area contributed by atoms with Crippen molar-refractivity contribution in [2.45, 2.75) is 123 Å². The van der Waals surface area contributed by atoms with Crippen LogP contribution in [0.4, 0.5) is 0 Å². The number of ether oxygens (including phenoxy) is 7. The Bertz CT molecular complexity index is 912. The molecule has 0 aromatic carbocycles. The molecule has 4 aliphatic rings. The van der Waals surface area contributed by atoms with E-state index in [0.29, 0.717) is 0 Å². The second-order valence-corrected chi connectivity index (χ2v) is 11.1. The lowest BCUT2D eigenvalue weighted by atomic mass is 9.95. The van der Waals surface area contributed by atoms with Gasteiger partial charge in [-0.3, -0.25) is 0 Å². The van der Waals surface area contributed by atoms with Gasteiger partial charge >= 0.3 is 0 Å². The van der Waals surface area contributed by atoms with Gasteiger partial charge in [-0.05, 0) is 0 Å². The van der Waals surface area contributed by atoms with Crippen LogP contribution in [0.1, 0.15) is 0 Å². The van der Waals surface area contributed by atoms with Crippen LogP contribution in [0.15, 0.2) is 0 Å². The zero-order valence-corrected chi connectivity index (χ0v) is 23.5. The van der Waals surface area contributed by atoms with Crippen LogP contribution in [0.2, 0.25) is 0 Å². The van der Waals surface area contributed by atoms with E-state index in [1.807, 2.05) is 0 Å². The number of rotatable bonds is 10. The maximum Gasteiger partial charge on any atom is 0.187 e. The van der Waals surface area contributed by atoms with Crippen LogP contribution in [-0.2, 0) is 33.2 Å². The summed E-state index contributed by atoms with van der Waals surface area (Å²) in [6.45, 7) is -3.41. The fraction of sp³-hybridized carbons (Fsp3) is 1.00. The molecule has 0 amide bonds. The second-order valence-electron chi connectivity index (χ2n) is 11.1. The fourth-order valence-electron chi connectivity index (χ4n) is 5.54. The summed E-state index contributed by atoms with van der Waals surface area (Å²) in [4.78, 5) is 0. The van der Waals surface area contributed by atoms with E-state index < -0.39 is 149 Å². The molecule has 21 nitrogen and oxygen atoms in total. The average molecular weight is 667 g/mol. The highest BCUT2D eigenvalue weighted by Crippen LogP contribution is 2.34. The van der Waals surface area contributed by atoms with E-state index in [0.717, 1.165) is 0 Å². The Morgan fingerprint density at radius 2 is 0.711 bits per heavy atom. The van der Waals surface area contributed by atoms with Gasteiger partial charge in [0.2, 0.25) is 0 Å². The Labute approximate surface area is 254 Å². The molecule has 0 aromatic rings. The molecule has 0 unspecified atom stereocenters.